The predicted molar refractivity (Wildman–Crippen MR) is 111 cm³/mol. The van der Waals surface area contributed by atoms with Crippen molar-refractivity contribution in [3.63, 3.8) is 0 Å². The number of nitrogens with zero attached hydrogens (tertiary/aromatic N) is 1. The fraction of sp³-hybridized carbons (Fsp3) is 0.417. The van der Waals surface area contributed by atoms with Crippen LogP contribution >= 0.6 is 0 Å². The highest BCUT2D eigenvalue weighted by Gasteiger charge is 2.16. The van der Waals surface area contributed by atoms with Gasteiger partial charge in [0, 0.05) is 13.1 Å². The molecule has 0 aromatic heterocycles. The van der Waals surface area contributed by atoms with Gasteiger partial charge in [-0.05, 0) is 67.5 Å². The van der Waals surface area contributed by atoms with E-state index < -0.39 is 0 Å². The predicted octanol–water partition coefficient (Wildman–Crippen LogP) is 4.38. The van der Waals surface area contributed by atoms with E-state index in [4.69, 9.17) is 4.74 Å². The van der Waals surface area contributed by atoms with Crippen LogP contribution in [0.3, 0.4) is 0 Å². The third-order valence-corrected chi connectivity index (χ3v) is 5.27. The summed E-state index contributed by atoms with van der Waals surface area (Å²) < 4.78 is 6.06. The van der Waals surface area contributed by atoms with Crippen molar-refractivity contribution in [2.24, 2.45) is 0 Å². The van der Waals surface area contributed by atoms with Crippen molar-refractivity contribution in [1.29, 1.82) is 0 Å². The molecule has 0 saturated carbocycles. The van der Waals surface area contributed by atoms with Gasteiger partial charge in [0.25, 0.3) is 0 Å². The minimum atomic E-state index is -0.0934. The maximum atomic E-state index is 9.62. The van der Waals surface area contributed by atoms with E-state index >= 15 is 0 Å². The molecule has 1 aliphatic heterocycles. The second kappa shape index (κ2) is 10.3. The number of hydrogen-bond acceptors (Lipinski definition) is 3. The first-order chi connectivity index (χ1) is 13.2. The molecule has 0 aliphatic carbocycles. The highest BCUT2D eigenvalue weighted by atomic mass is 16.5. The zero-order chi connectivity index (χ0) is 18.9. The lowest BCUT2D eigenvalue weighted by molar-refractivity contribution is 0.0821. The Bertz CT molecular complexity index is 720. The number of benzene rings is 2. The van der Waals surface area contributed by atoms with Crippen molar-refractivity contribution >= 4 is 0 Å². The fourth-order valence-corrected chi connectivity index (χ4v) is 3.67. The lowest BCUT2D eigenvalue weighted by Gasteiger charge is -2.29. The Morgan fingerprint density at radius 1 is 1.07 bits per heavy atom. The summed E-state index contributed by atoms with van der Waals surface area (Å²) in [5.41, 5.74) is 3.86. The van der Waals surface area contributed by atoms with Crippen LogP contribution in [0.2, 0.25) is 0 Å². The number of rotatable bonds is 9. The monoisotopic (exact) mass is 365 g/mol. The standard InChI is InChI=1S/C24H31NO2/c1-2-7-20-8-5-12-24(18-20)27-19-22-10-4-3-9-21(22)11-6-15-25-16-13-23(26)14-17-25/h2-5,8-10,12,18,23,26H,1,6-7,11,13-17,19H2. The van der Waals surface area contributed by atoms with Gasteiger partial charge >= 0.3 is 0 Å². The molecule has 3 heteroatoms. The number of likely N-dealkylation sites (tertiary alicyclic amines) is 1. The first-order valence-corrected chi connectivity index (χ1v) is 10.0. The van der Waals surface area contributed by atoms with Crippen molar-refractivity contribution in [3.8, 4) is 5.75 Å². The average molecular weight is 366 g/mol. The van der Waals surface area contributed by atoms with E-state index in [0.717, 1.165) is 57.5 Å². The lowest BCUT2D eigenvalue weighted by atomic mass is 10.0. The van der Waals surface area contributed by atoms with Crippen LogP contribution in [0.25, 0.3) is 0 Å². The molecule has 144 valence electrons. The number of hydrogen-bond donors (Lipinski definition) is 1. The second-order valence-electron chi connectivity index (χ2n) is 7.37. The summed E-state index contributed by atoms with van der Waals surface area (Å²) in [4.78, 5) is 2.47. The van der Waals surface area contributed by atoms with Crippen LogP contribution in [0.4, 0.5) is 0 Å². The normalized spacial score (nSPS) is 15.6. The molecule has 3 rings (SSSR count). The van der Waals surface area contributed by atoms with Gasteiger partial charge in [-0.2, -0.15) is 0 Å². The summed E-state index contributed by atoms with van der Waals surface area (Å²) in [6.07, 6.45) is 6.71. The smallest absolute Gasteiger partial charge is 0.120 e. The quantitative estimate of drug-likeness (QED) is 0.669. The topological polar surface area (TPSA) is 32.7 Å². The Morgan fingerprint density at radius 2 is 1.85 bits per heavy atom. The number of piperidine rings is 1. The van der Waals surface area contributed by atoms with E-state index in [0.29, 0.717) is 6.61 Å². The molecular weight excluding hydrogens is 334 g/mol. The molecule has 3 nitrogen and oxygen atoms in total. The van der Waals surface area contributed by atoms with Crippen molar-refractivity contribution < 1.29 is 9.84 Å². The van der Waals surface area contributed by atoms with Gasteiger partial charge in [-0.1, -0.05) is 42.5 Å². The Labute approximate surface area is 163 Å². The minimum Gasteiger partial charge on any atom is -0.489 e. The Morgan fingerprint density at radius 3 is 2.63 bits per heavy atom. The number of aryl methyl sites for hydroxylation is 1. The third kappa shape index (κ3) is 6.23. The van der Waals surface area contributed by atoms with Crippen LogP contribution in [0.5, 0.6) is 5.75 Å². The Kier molecular flexibility index (Phi) is 7.49. The van der Waals surface area contributed by atoms with Gasteiger partial charge in [-0.3, -0.25) is 0 Å². The highest BCUT2D eigenvalue weighted by Crippen LogP contribution is 2.19. The first-order valence-electron chi connectivity index (χ1n) is 10.0. The molecule has 1 heterocycles. The van der Waals surface area contributed by atoms with E-state index in [9.17, 15) is 5.11 Å². The van der Waals surface area contributed by atoms with Crippen LogP contribution in [-0.2, 0) is 19.4 Å². The lowest BCUT2D eigenvalue weighted by Crippen LogP contribution is -2.36. The highest BCUT2D eigenvalue weighted by molar-refractivity contribution is 5.31. The Balaban J connectivity index is 1.51. The van der Waals surface area contributed by atoms with Crippen molar-refractivity contribution in [1.82, 2.24) is 4.90 Å². The summed E-state index contributed by atoms with van der Waals surface area (Å²) >= 11 is 0. The molecule has 0 bridgehead atoms. The van der Waals surface area contributed by atoms with Gasteiger partial charge in [0.15, 0.2) is 0 Å². The molecule has 27 heavy (non-hydrogen) atoms. The first kappa shape index (κ1) is 19.7. The summed E-state index contributed by atoms with van der Waals surface area (Å²) in [5, 5.41) is 9.62. The van der Waals surface area contributed by atoms with Gasteiger partial charge in [-0.25, -0.2) is 0 Å². The molecule has 2 aromatic carbocycles. The van der Waals surface area contributed by atoms with Gasteiger partial charge in [0.2, 0.25) is 0 Å². The van der Waals surface area contributed by atoms with Crippen LogP contribution in [0.15, 0.2) is 61.2 Å². The van der Waals surface area contributed by atoms with Crippen molar-refractivity contribution in [2.45, 2.75) is 44.8 Å². The molecule has 1 fully saturated rings. The largest absolute Gasteiger partial charge is 0.489 e. The van der Waals surface area contributed by atoms with E-state index in [-0.39, 0.29) is 6.10 Å². The minimum absolute atomic E-state index is 0.0934. The van der Waals surface area contributed by atoms with Gasteiger partial charge < -0.3 is 14.7 Å². The van der Waals surface area contributed by atoms with Crippen LogP contribution in [-0.4, -0.2) is 35.7 Å². The van der Waals surface area contributed by atoms with Crippen molar-refractivity contribution in [2.75, 3.05) is 19.6 Å². The van der Waals surface area contributed by atoms with Crippen molar-refractivity contribution in [3.05, 3.63) is 77.9 Å². The molecule has 0 atom stereocenters. The van der Waals surface area contributed by atoms with E-state index in [1.54, 1.807) is 0 Å². The number of aliphatic hydroxyl groups excluding tert-OH is 1. The van der Waals surface area contributed by atoms with E-state index in [2.05, 4.69) is 47.9 Å². The summed E-state index contributed by atoms with van der Waals surface area (Å²) in [6, 6.07) is 16.8. The summed E-state index contributed by atoms with van der Waals surface area (Å²) in [7, 11) is 0. The maximum Gasteiger partial charge on any atom is 0.120 e. The average Bonchev–Trinajstić information content (AvgIpc) is 2.69. The van der Waals surface area contributed by atoms with Crippen LogP contribution < -0.4 is 4.74 Å². The van der Waals surface area contributed by atoms with Crippen LogP contribution in [0, 0.1) is 0 Å². The zero-order valence-corrected chi connectivity index (χ0v) is 16.1. The molecule has 2 aromatic rings. The Hall–Kier alpha value is -2.10. The SMILES string of the molecule is C=CCc1cccc(OCc2ccccc2CCCN2CCC(O)CC2)c1. The third-order valence-electron chi connectivity index (χ3n) is 5.27. The molecule has 0 spiro atoms. The zero-order valence-electron chi connectivity index (χ0n) is 16.1. The summed E-state index contributed by atoms with van der Waals surface area (Å²) in [6.45, 7) is 7.55. The number of ether oxygens (including phenoxy) is 1. The molecule has 1 saturated heterocycles. The van der Waals surface area contributed by atoms with Gasteiger partial charge in [0.05, 0.1) is 6.10 Å². The van der Waals surface area contributed by atoms with Gasteiger partial charge in [0.1, 0.15) is 12.4 Å². The fourth-order valence-electron chi connectivity index (χ4n) is 3.67. The molecule has 0 radical (unpaired) electrons. The van der Waals surface area contributed by atoms with E-state index in [1.807, 2.05) is 18.2 Å². The number of allylic oxidation sites excluding steroid dienone is 1. The maximum absolute atomic E-state index is 9.62. The molecule has 0 unspecified atom stereocenters. The second-order valence-corrected chi connectivity index (χ2v) is 7.37. The summed E-state index contributed by atoms with van der Waals surface area (Å²) in [5.74, 6) is 0.913. The van der Waals surface area contributed by atoms with E-state index in [1.165, 1.54) is 16.7 Å². The molecular formula is C24H31NO2. The molecule has 1 N–H and O–H groups in total. The van der Waals surface area contributed by atoms with Gasteiger partial charge in [-0.15, -0.1) is 6.58 Å². The molecule has 1 aliphatic rings. The number of aliphatic hydroxyl groups is 1. The molecule has 0 amide bonds. The van der Waals surface area contributed by atoms with Crippen LogP contribution in [0.1, 0.15) is 36.0 Å².